The smallest absolute Gasteiger partial charge is 0.325 e. The molecule has 0 aromatic carbocycles. The van der Waals surface area contributed by atoms with Crippen molar-refractivity contribution in [3.63, 3.8) is 0 Å². The van der Waals surface area contributed by atoms with Gasteiger partial charge in [0.15, 0.2) is 11.6 Å². The van der Waals surface area contributed by atoms with Gasteiger partial charge in [-0.2, -0.15) is 10.2 Å². The minimum absolute atomic E-state index is 0.230. The zero-order valence-electron chi connectivity index (χ0n) is 12.8. The molecule has 3 heterocycles. The monoisotopic (exact) mass is 312 g/mol. The zero-order valence-corrected chi connectivity index (χ0v) is 12.8. The number of carbonyl (C=O) groups is 1. The number of aromatic nitrogens is 6. The third-order valence-corrected chi connectivity index (χ3v) is 3.42. The van der Waals surface area contributed by atoms with E-state index in [2.05, 4.69) is 20.2 Å². The van der Waals surface area contributed by atoms with E-state index < -0.39 is 5.97 Å². The molecule has 0 saturated carbocycles. The second-order valence-electron chi connectivity index (χ2n) is 5.25. The summed E-state index contributed by atoms with van der Waals surface area (Å²) >= 11 is 0. The molecule has 0 fully saturated rings. The first-order valence-electron chi connectivity index (χ1n) is 7.12. The van der Waals surface area contributed by atoms with Gasteiger partial charge in [-0.25, -0.2) is 9.67 Å². The molecular weight excluding hydrogens is 296 g/mol. The minimum Gasteiger partial charge on any atom is -0.480 e. The van der Waals surface area contributed by atoms with Crippen molar-refractivity contribution in [1.82, 2.24) is 29.5 Å². The fourth-order valence-corrected chi connectivity index (χ4v) is 2.29. The molecule has 1 N–H and O–H groups in total. The van der Waals surface area contributed by atoms with E-state index in [1.54, 1.807) is 35.4 Å². The van der Waals surface area contributed by atoms with Crippen molar-refractivity contribution >= 4 is 5.97 Å². The van der Waals surface area contributed by atoms with Crippen molar-refractivity contribution in [2.75, 3.05) is 0 Å². The zero-order chi connectivity index (χ0) is 16.4. The summed E-state index contributed by atoms with van der Waals surface area (Å²) in [5, 5.41) is 17.7. The summed E-state index contributed by atoms with van der Waals surface area (Å²) in [6, 6.07) is 3.34. The standard InChI is InChI=1S/C15H16N6O2/c1-10-7-17-20(8-10)11(2)15-18-14(12-3-5-16-6-4-12)19-21(15)9-13(22)23/h3-8,11H,9H2,1-2H3,(H,22,23). The van der Waals surface area contributed by atoms with Crippen LogP contribution < -0.4 is 0 Å². The summed E-state index contributed by atoms with van der Waals surface area (Å²) in [5.74, 6) is 0.0444. The maximum absolute atomic E-state index is 11.1. The van der Waals surface area contributed by atoms with Crippen LogP contribution in [0.2, 0.25) is 0 Å². The van der Waals surface area contributed by atoms with E-state index >= 15 is 0 Å². The highest BCUT2D eigenvalue weighted by molar-refractivity contribution is 5.66. The molecule has 3 rings (SSSR count). The van der Waals surface area contributed by atoms with Crippen molar-refractivity contribution in [2.24, 2.45) is 0 Å². The normalized spacial score (nSPS) is 12.3. The van der Waals surface area contributed by atoms with Gasteiger partial charge >= 0.3 is 5.97 Å². The second kappa shape index (κ2) is 5.99. The highest BCUT2D eigenvalue weighted by Gasteiger charge is 2.20. The lowest BCUT2D eigenvalue weighted by Crippen LogP contribution is -2.18. The van der Waals surface area contributed by atoms with Crippen molar-refractivity contribution in [3.05, 3.63) is 48.3 Å². The van der Waals surface area contributed by atoms with E-state index in [9.17, 15) is 4.79 Å². The maximum Gasteiger partial charge on any atom is 0.325 e. The van der Waals surface area contributed by atoms with E-state index in [-0.39, 0.29) is 12.6 Å². The van der Waals surface area contributed by atoms with Crippen LogP contribution in [-0.2, 0) is 11.3 Å². The van der Waals surface area contributed by atoms with Crippen LogP contribution in [0.4, 0.5) is 0 Å². The van der Waals surface area contributed by atoms with Crippen molar-refractivity contribution in [1.29, 1.82) is 0 Å². The Morgan fingerprint density at radius 2 is 2.09 bits per heavy atom. The minimum atomic E-state index is -0.971. The Bertz CT molecular complexity index is 824. The van der Waals surface area contributed by atoms with Gasteiger partial charge in [0.1, 0.15) is 12.6 Å². The lowest BCUT2D eigenvalue weighted by atomic mass is 10.2. The first-order chi connectivity index (χ1) is 11.0. The number of aliphatic carboxylic acids is 1. The predicted molar refractivity (Wildman–Crippen MR) is 81.7 cm³/mol. The number of hydrogen-bond acceptors (Lipinski definition) is 5. The number of nitrogens with zero attached hydrogens (tertiary/aromatic N) is 6. The Morgan fingerprint density at radius 3 is 2.70 bits per heavy atom. The maximum atomic E-state index is 11.1. The first-order valence-corrected chi connectivity index (χ1v) is 7.12. The molecule has 0 radical (unpaired) electrons. The molecule has 0 saturated heterocycles. The molecule has 23 heavy (non-hydrogen) atoms. The molecular formula is C15H16N6O2. The summed E-state index contributed by atoms with van der Waals surface area (Å²) in [5.41, 5.74) is 1.81. The Balaban J connectivity index is 2.03. The number of hydrogen-bond donors (Lipinski definition) is 1. The Morgan fingerprint density at radius 1 is 1.35 bits per heavy atom. The van der Waals surface area contributed by atoms with Gasteiger partial charge in [-0.3, -0.25) is 14.5 Å². The Labute approximate surface area is 132 Å². The molecule has 0 bridgehead atoms. The third-order valence-electron chi connectivity index (χ3n) is 3.42. The van der Waals surface area contributed by atoms with E-state index in [0.29, 0.717) is 11.6 Å². The topological polar surface area (TPSA) is 98.7 Å². The number of rotatable bonds is 5. The summed E-state index contributed by atoms with van der Waals surface area (Å²) in [6.07, 6.45) is 6.93. The highest BCUT2D eigenvalue weighted by Crippen LogP contribution is 2.20. The van der Waals surface area contributed by atoms with Crippen LogP contribution in [-0.4, -0.2) is 40.6 Å². The van der Waals surface area contributed by atoms with Crippen LogP contribution in [0.15, 0.2) is 36.9 Å². The van der Waals surface area contributed by atoms with Gasteiger partial charge in [0.2, 0.25) is 0 Å². The lowest BCUT2D eigenvalue weighted by Gasteiger charge is -2.11. The van der Waals surface area contributed by atoms with Crippen molar-refractivity contribution in [2.45, 2.75) is 26.4 Å². The van der Waals surface area contributed by atoms with E-state index in [4.69, 9.17) is 5.11 Å². The van der Waals surface area contributed by atoms with Gasteiger partial charge in [0.05, 0.1) is 6.20 Å². The fourth-order valence-electron chi connectivity index (χ4n) is 2.29. The van der Waals surface area contributed by atoms with Crippen LogP contribution >= 0.6 is 0 Å². The molecule has 3 aromatic heterocycles. The van der Waals surface area contributed by atoms with Crippen LogP contribution in [0.3, 0.4) is 0 Å². The number of carboxylic acid groups (broad SMARTS) is 1. The van der Waals surface area contributed by atoms with Crippen LogP contribution in [0.25, 0.3) is 11.4 Å². The number of pyridine rings is 1. The van der Waals surface area contributed by atoms with Gasteiger partial charge in [0, 0.05) is 24.2 Å². The molecule has 3 aromatic rings. The van der Waals surface area contributed by atoms with E-state index in [1.165, 1.54) is 4.68 Å². The molecule has 0 aliphatic carbocycles. The van der Waals surface area contributed by atoms with Gasteiger partial charge < -0.3 is 5.11 Å². The second-order valence-corrected chi connectivity index (χ2v) is 5.25. The molecule has 0 aliphatic heterocycles. The molecule has 1 atom stereocenters. The summed E-state index contributed by atoms with van der Waals surface area (Å²) in [7, 11) is 0. The third kappa shape index (κ3) is 3.10. The van der Waals surface area contributed by atoms with Crippen LogP contribution in [0, 0.1) is 6.92 Å². The number of aryl methyl sites for hydroxylation is 1. The van der Waals surface area contributed by atoms with Crippen molar-refractivity contribution < 1.29 is 9.90 Å². The lowest BCUT2D eigenvalue weighted by molar-refractivity contribution is -0.137. The van der Waals surface area contributed by atoms with Gasteiger partial charge in [-0.1, -0.05) is 0 Å². The molecule has 0 aliphatic rings. The van der Waals surface area contributed by atoms with Gasteiger partial charge in [-0.15, -0.1) is 0 Å². The quantitative estimate of drug-likeness (QED) is 0.767. The van der Waals surface area contributed by atoms with Gasteiger partial charge in [0.25, 0.3) is 0 Å². The highest BCUT2D eigenvalue weighted by atomic mass is 16.4. The number of carboxylic acids is 1. The SMILES string of the molecule is Cc1cnn(C(C)c2nc(-c3ccncc3)nn2CC(=O)O)c1. The van der Waals surface area contributed by atoms with Crippen molar-refractivity contribution in [3.8, 4) is 11.4 Å². The molecule has 0 amide bonds. The predicted octanol–water partition coefficient (Wildman–Crippen LogP) is 1.54. The van der Waals surface area contributed by atoms with Crippen LogP contribution in [0.1, 0.15) is 24.4 Å². The molecule has 1 unspecified atom stereocenters. The molecule has 0 spiro atoms. The Hall–Kier alpha value is -3.03. The van der Waals surface area contributed by atoms with E-state index in [0.717, 1.165) is 11.1 Å². The fraction of sp³-hybridized carbons (Fsp3) is 0.267. The summed E-state index contributed by atoms with van der Waals surface area (Å²) in [6.45, 7) is 3.60. The molecule has 118 valence electrons. The van der Waals surface area contributed by atoms with E-state index in [1.807, 2.05) is 20.0 Å². The summed E-state index contributed by atoms with van der Waals surface area (Å²) < 4.78 is 3.15. The Kier molecular flexibility index (Phi) is 3.88. The summed E-state index contributed by atoms with van der Waals surface area (Å²) in [4.78, 5) is 19.6. The largest absolute Gasteiger partial charge is 0.480 e. The molecule has 8 nitrogen and oxygen atoms in total. The van der Waals surface area contributed by atoms with Crippen LogP contribution in [0.5, 0.6) is 0 Å². The first kappa shape index (κ1) is 14.9. The average Bonchev–Trinajstić information content (AvgIpc) is 3.14. The van der Waals surface area contributed by atoms with Gasteiger partial charge in [-0.05, 0) is 31.5 Å². The average molecular weight is 312 g/mol. The molecule has 8 heteroatoms.